The average Bonchev–Trinajstić information content (AvgIpc) is 2.12. The first-order chi connectivity index (χ1) is 7.41. The zero-order valence-corrected chi connectivity index (χ0v) is 8.27. The minimum atomic E-state index is -1.42. The summed E-state index contributed by atoms with van der Waals surface area (Å²) in [6.45, 7) is 0.680. The van der Waals surface area contributed by atoms with Crippen LogP contribution >= 0.6 is 0 Å². The number of aliphatic carboxylic acids is 1. The first-order valence-corrected chi connectivity index (χ1v) is 4.28. The minimum Gasteiger partial charge on any atom is -0.548 e. The summed E-state index contributed by atoms with van der Waals surface area (Å²) in [4.78, 5) is 46.9. The lowest BCUT2D eigenvalue weighted by atomic mass is 10.0. The van der Waals surface area contributed by atoms with Crippen molar-refractivity contribution in [3.63, 3.8) is 0 Å². The molecular formula is C8H8N3O5-. The summed E-state index contributed by atoms with van der Waals surface area (Å²) in [6.07, 6.45) is 0. The van der Waals surface area contributed by atoms with E-state index >= 15 is 0 Å². The van der Waals surface area contributed by atoms with Crippen LogP contribution in [0.1, 0.15) is 6.92 Å². The van der Waals surface area contributed by atoms with E-state index in [-0.39, 0.29) is 5.71 Å². The Balaban J connectivity index is 2.82. The number of hydrogen-bond donors (Lipinski definition) is 2. The number of rotatable bonds is 3. The highest BCUT2D eigenvalue weighted by Crippen LogP contribution is 2.05. The van der Waals surface area contributed by atoms with Crippen LogP contribution in [0.25, 0.3) is 0 Å². The molecule has 0 aromatic heterocycles. The molecule has 0 aromatic carbocycles. The van der Waals surface area contributed by atoms with E-state index in [4.69, 9.17) is 0 Å². The number of amides is 4. The molecule has 0 atom stereocenters. The molecule has 0 spiro atoms. The number of urea groups is 1. The third kappa shape index (κ3) is 2.62. The maximum Gasteiger partial charge on any atom is 0.328 e. The van der Waals surface area contributed by atoms with Crippen molar-refractivity contribution < 1.29 is 24.3 Å². The van der Waals surface area contributed by atoms with Crippen molar-refractivity contribution in [3.05, 3.63) is 0 Å². The second-order valence-corrected chi connectivity index (χ2v) is 3.07. The van der Waals surface area contributed by atoms with Crippen LogP contribution in [-0.2, 0) is 14.4 Å². The Labute approximate surface area is 89.7 Å². The highest BCUT2D eigenvalue weighted by Gasteiger charge is 2.36. The van der Waals surface area contributed by atoms with Gasteiger partial charge in [-0.25, -0.2) is 4.79 Å². The van der Waals surface area contributed by atoms with Crippen LogP contribution in [0, 0.1) is 5.92 Å². The summed E-state index contributed by atoms with van der Waals surface area (Å²) < 4.78 is 0. The Morgan fingerprint density at radius 1 is 1.31 bits per heavy atom. The number of nitrogens with zero attached hydrogens (tertiary/aromatic N) is 1. The summed E-state index contributed by atoms with van der Waals surface area (Å²) in [6, 6.07) is -0.904. The molecule has 8 heteroatoms. The fourth-order valence-electron chi connectivity index (χ4n) is 1.18. The van der Waals surface area contributed by atoms with Crippen molar-refractivity contribution in [1.82, 2.24) is 10.6 Å². The molecule has 0 radical (unpaired) electrons. The van der Waals surface area contributed by atoms with Gasteiger partial charge in [0, 0.05) is 5.71 Å². The summed E-state index contributed by atoms with van der Waals surface area (Å²) in [5.41, 5.74) is 0.00620. The van der Waals surface area contributed by atoms with Gasteiger partial charge in [-0.3, -0.25) is 25.2 Å². The van der Waals surface area contributed by atoms with Crippen LogP contribution in [0.3, 0.4) is 0 Å². The van der Waals surface area contributed by atoms with E-state index in [1.165, 1.54) is 6.92 Å². The Morgan fingerprint density at radius 3 is 2.25 bits per heavy atom. The van der Waals surface area contributed by atoms with Gasteiger partial charge in [0.15, 0.2) is 5.92 Å². The van der Waals surface area contributed by atoms with Crippen LogP contribution in [0.5, 0.6) is 0 Å². The second-order valence-electron chi connectivity index (χ2n) is 3.07. The van der Waals surface area contributed by atoms with Gasteiger partial charge >= 0.3 is 6.03 Å². The van der Waals surface area contributed by atoms with Gasteiger partial charge in [-0.1, -0.05) is 0 Å². The van der Waals surface area contributed by atoms with E-state index in [0.29, 0.717) is 0 Å². The molecule has 16 heavy (non-hydrogen) atoms. The molecular weight excluding hydrogens is 218 g/mol. The molecule has 0 aromatic rings. The Hall–Kier alpha value is -2.25. The van der Waals surface area contributed by atoms with Crippen molar-refractivity contribution in [3.8, 4) is 0 Å². The lowest BCUT2D eigenvalue weighted by molar-refractivity contribution is -0.303. The number of nitrogens with one attached hydrogen (secondary N) is 2. The minimum absolute atomic E-state index is 0.00620. The lowest BCUT2D eigenvalue weighted by Crippen LogP contribution is -2.57. The van der Waals surface area contributed by atoms with Gasteiger partial charge in [0.25, 0.3) is 0 Å². The maximum absolute atomic E-state index is 11.3. The van der Waals surface area contributed by atoms with Gasteiger partial charge in [-0.05, 0) is 6.92 Å². The molecule has 0 aliphatic carbocycles. The summed E-state index contributed by atoms with van der Waals surface area (Å²) in [5.74, 6) is -4.36. The summed E-state index contributed by atoms with van der Waals surface area (Å²) in [7, 11) is 0. The predicted molar refractivity (Wildman–Crippen MR) is 48.2 cm³/mol. The van der Waals surface area contributed by atoms with Crippen LogP contribution in [-0.4, -0.2) is 36.1 Å². The van der Waals surface area contributed by atoms with Crippen LogP contribution in [0.2, 0.25) is 0 Å². The number of aliphatic imine (C=N–C) groups is 1. The average molecular weight is 226 g/mol. The molecule has 1 aliphatic heterocycles. The van der Waals surface area contributed by atoms with Gasteiger partial charge in [-0.15, -0.1) is 0 Å². The zero-order chi connectivity index (χ0) is 12.3. The Kier molecular flexibility index (Phi) is 3.33. The molecule has 86 valence electrons. The molecule has 0 saturated carbocycles. The number of hydrogen-bond acceptors (Lipinski definition) is 6. The van der Waals surface area contributed by atoms with E-state index in [0.717, 1.165) is 0 Å². The number of carbonyl (C=O) groups excluding carboxylic acids is 4. The first kappa shape index (κ1) is 11.8. The molecule has 1 aliphatic rings. The summed E-state index contributed by atoms with van der Waals surface area (Å²) in [5, 5.41) is 13.9. The molecule has 1 rings (SSSR count). The molecule has 4 amide bonds. The van der Waals surface area contributed by atoms with E-state index in [1.807, 2.05) is 10.6 Å². The van der Waals surface area contributed by atoms with Crippen molar-refractivity contribution in [2.75, 3.05) is 6.54 Å². The lowest BCUT2D eigenvalue weighted by Gasteiger charge is -2.20. The third-order valence-electron chi connectivity index (χ3n) is 1.87. The van der Waals surface area contributed by atoms with Gasteiger partial charge in [0.05, 0.1) is 12.5 Å². The number of carbonyl (C=O) groups is 4. The number of imide groups is 2. The van der Waals surface area contributed by atoms with Crippen LogP contribution in [0.15, 0.2) is 4.99 Å². The first-order valence-electron chi connectivity index (χ1n) is 4.28. The van der Waals surface area contributed by atoms with E-state index in [2.05, 4.69) is 4.99 Å². The normalized spacial score (nSPS) is 18.1. The van der Waals surface area contributed by atoms with Crippen molar-refractivity contribution >= 4 is 29.5 Å². The van der Waals surface area contributed by atoms with Gasteiger partial charge in [0.2, 0.25) is 11.8 Å². The largest absolute Gasteiger partial charge is 0.548 e. The molecule has 1 fully saturated rings. The fourth-order valence-corrected chi connectivity index (χ4v) is 1.18. The van der Waals surface area contributed by atoms with Crippen LogP contribution < -0.4 is 15.7 Å². The van der Waals surface area contributed by atoms with Crippen LogP contribution in [0.4, 0.5) is 4.79 Å². The van der Waals surface area contributed by atoms with Crippen molar-refractivity contribution in [2.24, 2.45) is 10.9 Å². The standard InChI is InChI=1S/C8H9N3O5/c1-3(9-2-4(12)13)5-6(14)10-8(16)11-7(5)15/h5H,2H2,1H3,(H,12,13)(H2,10,11,14,15,16)/p-1. The topological polar surface area (TPSA) is 128 Å². The SMILES string of the molecule is CC(=NCC(=O)[O-])C1C(=O)NC(=O)NC1=O. The number of carboxylic acids is 1. The number of barbiturate groups is 1. The predicted octanol–water partition coefficient (Wildman–Crippen LogP) is -2.82. The fraction of sp³-hybridized carbons (Fsp3) is 0.375. The summed E-state index contributed by atoms with van der Waals surface area (Å²) >= 11 is 0. The number of carboxylic acid groups (broad SMARTS) is 1. The van der Waals surface area contributed by atoms with E-state index in [9.17, 15) is 24.3 Å². The smallest absolute Gasteiger partial charge is 0.328 e. The van der Waals surface area contributed by atoms with E-state index in [1.54, 1.807) is 0 Å². The molecule has 0 unspecified atom stereocenters. The molecule has 1 saturated heterocycles. The second kappa shape index (κ2) is 4.51. The van der Waals surface area contributed by atoms with Crippen molar-refractivity contribution in [1.29, 1.82) is 0 Å². The van der Waals surface area contributed by atoms with Crippen molar-refractivity contribution in [2.45, 2.75) is 6.92 Å². The van der Waals surface area contributed by atoms with Gasteiger partial charge in [0.1, 0.15) is 0 Å². The van der Waals surface area contributed by atoms with E-state index < -0.39 is 36.3 Å². The molecule has 8 nitrogen and oxygen atoms in total. The Bertz CT molecular complexity index is 380. The monoisotopic (exact) mass is 226 g/mol. The quantitative estimate of drug-likeness (QED) is 0.396. The molecule has 0 bridgehead atoms. The van der Waals surface area contributed by atoms with Gasteiger partial charge in [-0.2, -0.15) is 0 Å². The third-order valence-corrected chi connectivity index (χ3v) is 1.87. The highest BCUT2D eigenvalue weighted by molar-refractivity contribution is 6.27. The molecule has 1 heterocycles. The zero-order valence-electron chi connectivity index (χ0n) is 8.27. The maximum atomic E-state index is 11.3. The molecule has 2 N–H and O–H groups in total. The Morgan fingerprint density at radius 2 is 1.81 bits per heavy atom. The van der Waals surface area contributed by atoms with Gasteiger partial charge < -0.3 is 9.90 Å². The highest BCUT2D eigenvalue weighted by atomic mass is 16.4.